The van der Waals surface area contributed by atoms with Crippen LogP contribution in [0.25, 0.3) is 0 Å². The summed E-state index contributed by atoms with van der Waals surface area (Å²) in [6.45, 7) is 6.87. The van der Waals surface area contributed by atoms with Crippen molar-refractivity contribution in [2.24, 2.45) is 17.6 Å². The molecule has 1 aromatic rings. The topological polar surface area (TPSA) is 108 Å². The van der Waals surface area contributed by atoms with E-state index in [1.165, 1.54) is 0 Å². The molecule has 2 heterocycles. The van der Waals surface area contributed by atoms with Gasteiger partial charge in [-0.05, 0) is 63.1 Å². The van der Waals surface area contributed by atoms with Crippen molar-refractivity contribution < 1.29 is 28.6 Å². The minimum Gasteiger partial charge on any atom is -0.484 e. The summed E-state index contributed by atoms with van der Waals surface area (Å²) < 4.78 is 17.3. The van der Waals surface area contributed by atoms with Crippen LogP contribution < -0.4 is 10.5 Å². The van der Waals surface area contributed by atoms with Gasteiger partial charge in [0.05, 0.1) is 23.6 Å². The molecule has 0 aromatic heterocycles. The number of ether oxygens (including phenoxy) is 3. The molecule has 34 heavy (non-hydrogen) atoms. The maximum Gasteiger partial charge on any atom is 0.290 e. The molecular formula is C26H34N2O6. The number of amides is 2. The Hall–Kier alpha value is -2.87. The van der Waals surface area contributed by atoms with Crippen LogP contribution in [0.2, 0.25) is 0 Å². The van der Waals surface area contributed by atoms with Gasteiger partial charge in [-0.1, -0.05) is 19.1 Å². The maximum atomic E-state index is 13.7. The van der Waals surface area contributed by atoms with Crippen LogP contribution in [0.1, 0.15) is 58.1 Å². The smallest absolute Gasteiger partial charge is 0.290 e. The van der Waals surface area contributed by atoms with E-state index in [2.05, 4.69) is 6.92 Å². The molecule has 0 spiro atoms. The first-order chi connectivity index (χ1) is 16.3. The van der Waals surface area contributed by atoms with E-state index in [9.17, 15) is 14.4 Å². The molecule has 1 aromatic carbocycles. The number of hydrogen-bond donors (Lipinski definition) is 1. The number of carbonyl (C=O) groups is 3. The van der Waals surface area contributed by atoms with Crippen molar-refractivity contribution in [3.05, 3.63) is 41.2 Å². The van der Waals surface area contributed by atoms with Crippen molar-refractivity contribution in [1.29, 1.82) is 0 Å². The third-order valence-corrected chi connectivity index (χ3v) is 6.78. The first kappa shape index (κ1) is 24.3. The fraction of sp³-hybridized carbons (Fsp3) is 0.577. The number of ketones is 1. The van der Waals surface area contributed by atoms with E-state index >= 15 is 0 Å². The van der Waals surface area contributed by atoms with E-state index < -0.39 is 11.9 Å². The average Bonchev–Trinajstić information content (AvgIpc) is 3.08. The molecule has 2 N–H and O–H groups in total. The van der Waals surface area contributed by atoms with Crippen LogP contribution in [0.4, 0.5) is 0 Å². The predicted octanol–water partition coefficient (Wildman–Crippen LogP) is 2.91. The number of benzene rings is 1. The minimum absolute atomic E-state index is 0.0335. The zero-order chi connectivity index (χ0) is 24.4. The quantitative estimate of drug-likeness (QED) is 0.556. The highest BCUT2D eigenvalue weighted by Gasteiger charge is 2.52. The monoisotopic (exact) mass is 470 g/mol. The molecule has 2 amide bonds. The van der Waals surface area contributed by atoms with Gasteiger partial charge in [-0.2, -0.15) is 0 Å². The van der Waals surface area contributed by atoms with Gasteiger partial charge in [0.1, 0.15) is 11.9 Å². The second-order valence-corrected chi connectivity index (χ2v) is 9.79. The van der Waals surface area contributed by atoms with Crippen LogP contribution in [0.3, 0.4) is 0 Å². The molecule has 0 bridgehead atoms. The molecule has 8 nitrogen and oxygen atoms in total. The van der Waals surface area contributed by atoms with Gasteiger partial charge in [0, 0.05) is 13.2 Å². The van der Waals surface area contributed by atoms with Crippen molar-refractivity contribution in [1.82, 2.24) is 4.90 Å². The van der Waals surface area contributed by atoms with Gasteiger partial charge < -0.3 is 24.8 Å². The van der Waals surface area contributed by atoms with Crippen molar-refractivity contribution in [2.45, 2.75) is 64.7 Å². The molecule has 4 atom stereocenters. The fourth-order valence-corrected chi connectivity index (χ4v) is 5.16. The third kappa shape index (κ3) is 4.97. The summed E-state index contributed by atoms with van der Waals surface area (Å²) in [6.07, 6.45) is 3.11. The van der Waals surface area contributed by atoms with Crippen LogP contribution in [0.5, 0.6) is 5.75 Å². The Kier molecular flexibility index (Phi) is 7.26. The summed E-state index contributed by atoms with van der Waals surface area (Å²) >= 11 is 0. The molecule has 2 aliphatic heterocycles. The summed E-state index contributed by atoms with van der Waals surface area (Å²) in [5, 5.41) is 0. The lowest BCUT2D eigenvalue weighted by Gasteiger charge is -2.37. The molecular weight excluding hydrogens is 436 g/mol. The summed E-state index contributed by atoms with van der Waals surface area (Å²) in [5.41, 5.74) is 6.42. The van der Waals surface area contributed by atoms with Crippen LogP contribution in [0, 0.1) is 11.8 Å². The highest BCUT2D eigenvalue weighted by atomic mass is 16.5. The number of Topliss-reactive ketones (excluding diaryl/α,β-unsaturated/α-hetero) is 1. The second kappa shape index (κ2) is 10.2. The van der Waals surface area contributed by atoms with Gasteiger partial charge >= 0.3 is 0 Å². The Morgan fingerprint density at radius 2 is 1.94 bits per heavy atom. The zero-order valence-corrected chi connectivity index (χ0v) is 20.1. The Bertz CT molecular complexity index is 970. The van der Waals surface area contributed by atoms with Crippen LogP contribution in [-0.2, 0) is 23.9 Å². The largest absolute Gasteiger partial charge is 0.484 e. The molecule has 8 heteroatoms. The molecule has 1 aliphatic carbocycles. The Morgan fingerprint density at radius 3 is 2.62 bits per heavy atom. The van der Waals surface area contributed by atoms with E-state index in [1.54, 1.807) is 17.0 Å². The van der Waals surface area contributed by atoms with E-state index in [-0.39, 0.29) is 42.2 Å². The lowest BCUT2D eigenvalue weighted by molar-refractivity contribution is -0.136. The van der Waals surface area contributed by atoms with Crippen molar-refractivity contribution in [2.75, 3.05) is 19.8 Å². The summed E-state index contributed by atoms with van der Waals surface area (Å²) in [4.78, 5) is 39.9. The predicted molar refractivity (Wildman–Crippen MR) is 125 cm³/mol. The Labute approximate surface area is 200 Å². The molecule has 3 aliphatic rings. The summed E-state index contributed by atoms with van der Waals surface area (Å²) in [6, 6.07) is 6.58. The Balaban J connectivity index is 1.62. The zero-order valence-electron chi connectivity index (χ0n) is 20.1. The number of fused-ring (bicyclic) bond motifs is 1. The van der Waals surface area contributed by atoms with E-state index in [4.69, 9.17) is 19.9 Å². The number of nitrogens with two attached hydrogens (primary N) is 1. The lowest BCUT2D eigenvalue weighted by Crippen LogP contribution is -2.41. The molecule has 1 fully saturated rings. The number of hydrogen-bond acceptors (Lipinski definition) is 6. The minimum atomic E-state index is -0.559. The molecule has 4 unspecified atom stereocenters. The van der Waals surface area contributed by atoms with Crippen molar-refractivity contribution in [3.63, 3.8) is 0 Å². The highest BCUT2D eigenvalue weighted by molar-refractivity contribution is 6.11. The van der Waals surface area contributed by atoms with E-state index in [0.717, 1.165) is 24.8 Å². The maximum absolute atomic E-state index is 13.7. The van der Waals surface area contributed by atoms with E-state index in [0.29, 0.717) is 36.8 Å². The first-order valence-corrected chi connectivity index (χ1v) is 12.1. The molecule has 4 rings (SSSR count). The number of nitrogens with zero attached hydrogens (tertiary/aromatic N) is 1. The Morgan fingerprint density at radius 1 is 1.21 bits per heavy atom. The lowest BCUT2D eigenvalue weighted by atomic mass is 9.74. The first-order valence-electron chi connectivity index (χ1n) is 12.1. The van der Waals surface area contributed by atoms with Gasteiger partial charge in [-0.15, -0.1) is 0 Å². The molecule has 184 valence electrons. The van der Waals surface area contributed by atoms with Gasteiger partial charge in [-0.25, -0.2) is 0 Å². The van der Waals surface area contributed by atoms with Crippen LogP contribution in [0.15, 0.2) is 35.6 Å². The van der Waals surface area contributed by atoms with Gasteiger partial charge in [-0.3, -0.25) is 14.4 Å². The number of rotatable bonds is 9. The molecule has 0 saturated heterocycles. The van der Waals surface area contributed by atoms with Crippen LogP contribution in [-0.4, -0.2) is 54.5 Å². The number of primary amides is 1. The number of carbonyl (C=O) groups excluding carboxylic acids is 3. The molecule has 1 saturated carbocycles. The van der Waals surface area contributed by atoms with Crippen molar-refractivity contribution in [3.8, 4) is 5.75 Å². The van der Waals surface area contributed by atoms with Crippen molar-refractivity contribution >= 4 is 17.6 Å². The van der Waals surface area contributed by atoms with E-state index in [1.807, 2.05) is 26.0 Å². The summed E-state index contributed by atoms with van der Waals surface area (Å²) in [7, 11) is 0. The second-order valence-electron chi connectivity index (χ2n) is 9.79. The van der Waals surface area contributed by atoms with Gasteiger partial charge in [0.25, 0.3) is 11.8 Å². The third-order valence-electron chi connectivity index (χ3n) is 6.78. The van der Waals surface area contributed by atoms with Gasteiger partial charge in [0.2, 0.25) is 0 Å². The van der Waals surface area contributed by atoms with Gasteiger partial charge in [0.15, 0.2) is 18.1 Å². The molecule has 0 radical (unpaired) electrons. The fourth-order valence-electron chi connectivity index (χ4n) is 5.16. The summed E-state index contributed by atoms with van der Waals surface area (Å²) in [5.74, 6) is 0.194. The SMILES string of the molecule is CC1CCC2OC3=C(C(=O)C2C1)C(c1ccc(OCC(N)=O)cc1)N(CCCOC(C)C)C3=O. The standard InChI is InChI=1S/C26H34N2O6/c1-15(2)32-12-4-11-28-23(17-6-8-18(9-7-17)33-14-21(27)29)22-24(30)19-13-16(3)5-10-20(19)34-25(22)26(28)31/h6-9,15-16,19-20,23H,4-5,10-14H2,1-3H3,(H2,27,29). The van der Waals surface area contributed by atoms with Crippen LogP contribution >= 0.6 is 0 Å². The average molecular weight is 471 g/mol. The normalized spacial score (nSPS) is 26.4. The highest BCUT2D eigenvalue weighted by Crippen LogP contribution is 2.47.